The molecule has 1 atom stereocenters. The minimum absolute atomic E-state index is 0.00956. The lowest BCUT2D eigenvalue weighted by molar-refractivity contribution is -0.132. The topological polar surface area (TPSA) is 79.7 Å². The summed E-state index contributed by atoms with van der Waals surface area (Å²) in [6, 6.07) is 24.9. The first-order chi connectivity index (χ1) is 17.9. The van der Waals surface area contributed by atoms with Crippen molar-refractivity contribution in [1.82, 2.24) is 4.98 Å². The smallest absolute Gasteiger partial charge is 0.300 e. The molecule has 1 saturated heterocycles. The van der Waals surface area contributed by atoms with Crippen molar-refractivity contribution < 1.29 is 19.4 Å². The maximum atomic E-state index is 13.3. The number of benzene rings is 3. The quantitative estimate of drug-likeness (QED) is 0.170. The summed E-state index contributed by atoms with van der Waals surface area (Å²) < 4.78 is 6.72. The van der Waals surface area contributed by atoms with Crippen molar-refractivity contribution >= 4 is 39.1 Å². The Hall–Kier alpha value is -4.23. The largest absolute Gasteiger partial charge is 0.507 e. The van der Waals surface area contributed by atoms with Crippen molar-refractivity contribution in [2.45, 2.75) is 19.6 Å². The van der Waals surface area contributed by atoms with Crippen LogP contribution < -0.4 is 9.64 Å². The lowest BCUT2D eigenvalue weighted by Gasteiger charge is -2.25. The number of halogens is 1. The second-order valence-corrected chi connectivity index (χ2v) is 9.61. The Morgan fingerprint density at radius 1 is 1.00 bits per heavy atom. The van der Waals surface area contributed by atoms with E-state index in [0.717, 1.165) is 15.6 Å². The second-order valence-electron chi connectivity index (χ2n) is 8.69. The van der Waals surface area contributed by atoms with Crippen LogP contribution in [0.2, 0.25) is 0 Å². The van der Waals surface area contributed by atoms with Crippen LogP contribution in [0.5, 0.6) is 5.75 Å². The Morgan fingerprint density at radius 2 is 1.81 bits per heavy atom. The van der Waals surface area contributed by atoms with E-state index in [2.05, 4.69) is 20.9 Å². The van der Waals surface area contributed by atoms with Gasteiger partial charge in [0, 0.05) is 28.1 Å². The van der Waals surface area contributed by atoms with E-state index in [1.54, 1.807) is 60.9 Å². The second kappa shape index (κ2) is 10.4. The molecule has 5 rings (SSSR count). The predicted molar refractivity (Wildman–Crippen MR) is 145 cm³/mol. The van der Waals surface area contributed by atoms with Crippen LogP contribution in [0.15, 0.2) is 107 Å². The Morgan fingerprint density at radius 3 is 2.51 bits per heavy atom. The SMILES string of the molecule is Cc1cc(/C(O)=C2\C(=O)C(=O)N(c3cccc(Br)c3)C2c2cccnc2)ccc1OCc1ccccc1. The Balaban J connectivity index is 1.55. The zero-order chi connectivity index (χ0) is 25.9. The summed E-state index contributed by atoms with van der Waals surface area (Å²) >= 11 is 3.44. The number of amides is 1. The van der Waals surface area contributed by atoms with E-state index in [4.69, 9.17) is 4.74 Å². The molecule has 2 heterocycles. The number of ether oxygens (including phenoxy) is 1. The van der Waals surface area contributed by atoms with Gasteiger partial charge in [0.05, 0.1) is 11.6 Å². The van der Waals surface area contributed by atoms with Gasteiger partial charge in [0.15, 0.2) is 0 Å². The van der Waals surface area contributed by atoms with Crippen LogP contribution in [-0.2, 0) is 16.2 Å². The van der Waals surface area contributed by atoms with E-state index >= 15 is 0 Å². The highest BCUT2D eigenvalue weighted by molar-refractivity contribution is 9.10. The third-order valence-corrected chi connectivity index (χ3v) is 6.71. The normalized spacial score (nSPS) is 16.7. The molecule has 1 aliphatic rings. The molecule has 0 aliphatic carbocycles. The van der Waals surface area contributed by atoms with Gasteiger partial charge >= 0.3 is 0 Å². The summed E-state index contributed by atoms with van der Waals surface area (Å²) in [4.78, 5) is 32.2. The molecule has 1 fully saturated rings. The minimum atomic E-state index is -0.836. The number of anilines is 1. The van der Waals surface area contributed by atoms with Crippen LogP contribution in [0.1, 0.15) is 28.3 Å². The molecule has 1 amide bonds. The zero-order valence-corrected chi connectivity index (χ0v) is 21.6. The number of aliphatic hydroxyl groups is 1. The summed E-state index contributed by atoms with van der Waals surface area (Å²) in [5.74, 6) is -1.05. The van der Waals surface area contributed by atoms with Gasteiger partial charge in [-0.3, -0.25) is 19.5 Å². The average Bonchev–Trinajstić information content (AvgIpc) is 3.18. The Bertz CT molecular complexity index is 1500. The van der Waals surface area contributed by atoms with Crippen LogP contribution in [0.4, 0.5) is 5.69 Å². The molecule has 1 aliphatic heterocycles. The molecule has 0 radical (unpaired) electrons. The monoisotopic (exact) mass is 554 g/mol. The number of carbonyl (C=O) groups excluding carboxylic acids is 2. The molecular weight excluding hydrogens is 532 g/mol. The number of pyridine rings is 1. The third-order valence-electron chi connectivity index (χ3n) is 6.22. The first-order valence-electron chi connectivity index (χ1n) is 11.7. The molecule has 0 saturated carbocycles. The average molecular weight is 555 g/mol. The van der Waals surface area contributed by atoms with Gasteiger partial charge in [0.25, 0.3) is 11.7 Å². The van der Waals surface area contributed by atoms with E-state index in [1.165, 1.54) is 4.90 Å². The van der Waals surface area contributed by atoms with Gasteiger partial charge in [-0.25, -0.2) is 0 Å². The van der Waals surface area contributed by atoms with Gasteiger partial charge in [-0.2, -0.15) is 0 Å². The number of hydrogen-bond donors (Lipinski definition) is 1. The molecule has 6 nitrogen and oxygen atoms in total. The lowest BCUT2D eigenvalue weighted by Crippen LogP contribution is -2.29. The number of carbonyl (C=O) groups is 2. The molecule has 3 aromatic carbocycles. The number of rotatable bonds is 6. The predicted octanol–water partition coefficient (Wildman–Crippen LogP) is 6.36. The lowest BCUT2D eigenvalue weighted by atomic mass is 9.95. The number of Topliss-reactive ketones (excluding diaryl/α,β-unsaturated/α-hetero) is 1. The van der Waals surface area contributed by atoms with E-state index < -0.39 is 17.7 Å². The van der Waals surface area contributed by atoms with Gasteiger partial charge in [-0.1, -0.05) is 58.4 Å². The molecule has 184 valence electrons. The fraction of sp³-hybridized carbons (Fsp3) is 0.100. The van der Waals surface area contributed by atoms with Crippen molar-refractivity contribution in [3.8, 4) is 5.75 Å². The highest BCUT2D eigenvalue weighted by Crippen LogP contribution is 2.42. The maximum Gasteiger partial charge on any atom is 0.300 e. The molecule has 1 aromatic heterocycles. The molecule has 4 aromatic rings. The van der Waals surface area contributed by atoms with Gasteiger partial charge in [0.1, 0.15) is 18.1 Å². The van der Waals surface area contributed by atoms with Gasteiger partial charge < -0.3 is 9.84 Å². The standard InChI is InChI=1S/C30H23BrN2O4/c1-19-15-21(12-13-25(19)37-18-20-7-3-2-4-8-20)28(34)26-27(22-9-6-14-32-17-22)33(30(36)29(26)35)24-11-5-10-23(31)16-24/h2-17,27,34H,18H2,1H3/b28-26+. The van der Waals surface area contributed by atoms with Crippen molar-refractivity contribution in [1.29, 1.82) is 0 Å². The summed E-state index contributed by atoms with van der Waals surface area (Å²) in [5.41, 5.74) is 3.41. The van der Waals surface area contributed by atoms with E-state index in [1.807, 2.05) is 43.3 Å². The summed E-state index contributed by atoms with van der Waals surface area (Å²) in [6.07, 6.45) is 3.22. The van der Waals surface area contributed by atoms with Crippen LogP contribution in [0.25, 0.3) is 5.76 Å². The highest BCUT2D eigenvalue weighted by Gasteiger charge is 2.47. The minimum Gasteiger partial charge on any atom is -0.507 e. The number of aryl methyl sites for hydroxylation is 1. The molecule has 1 unspecified atom stereocenters. The van der Waals surface area contributed by atoms with Crippen molar-refractivity contribution in [2.24, 2.45) is 0 Å². The third kappa shape index (κ3) is 4.90. The van der Waals surface area contributed by atoms with Crippen molar-refractivity contribution in [3.63, 3.8) is 0 Å². The van der Waals surface area contributed by atoms with Crippen LogP contribution in [0.3, 0.4) is 0 Å². The van der Waals surface area contributed by atoms with E-state index in [0.29, 0.717) is 29.2 Å². The van der Waals surface area contributed by atoms with Crippen LogP contribution in [-0.4, -0.2) is 21.8 Å². The number of hydrogen-bond acceptors (Lipinski definition) is 5. The molecule has 37 heavy (non-hydrogen) atoms. The number of nitrogens with zero attached hydrogens (tertiary/aromatic N) is 2. The first kappa shape index (κ1) is 24.5. The number of ketones is 1. The molecular formula is C30H23BrN2O4. The highest BCUT2D eigenvalue weighted by atomic mass is 79.9. The Kier molecular flexibility index (Phi) is 6.88. The summed E-state index contributed by atoms with van der Waals surface area (Å²) in [7, 11) is 0. The molecule has 1 N–H and O–H groups in total. The fourth-order valence-corrected chi connectivity index (χ4v) is 4.81. The molecule has 7 heteroatoms. The van der Waals surface area contributed by atoms with Crippen molar-refractivity contribution in [2.75, 3.05) is 4.90 Å². The van der Waals surface area contributed by atoms with Gasteiger partial charge in [0.2, 0.25) is 0 Å². The number of aliphatic hydroxyl groups excluding tert-OH is 1. The van der Waals surface area contributed by atoms with Crippen molar-refractivity contribution in [3.05, 3.63) is 130 Å². The first-order valence-corrected chi connectivity index (χ1v) is 12.5. The van der Waals surface area contributed by atoms with Crippen LogP contribution >= 0.6 is 15.9 Å². The number of aromatic nitrogens is 1. The molecule has 0 bridgehead atoms. The van der Waals surface area contributed by atoms with Crippen LogP contribution in [0, 0.1) is 6.92 Å². The fourth-order valence-electron chi connectivity index (χ4n) is 4.43. The maximum absolute atomic E-state index is 13.3. The van der Waals surface area contributed by atoms with Gasteiger partial charge in [-0.05, 0) is 66.1 Å². The van der Waals surface area contributed by atoms with E-state index in [-0.39, 0.29) is 11.3 Å². The molecule has 0 spiro atoms. The van der Waals surface area contributed by atoms with E-state index in [9.17, 15) is 14.7 Å². The zero-order valence-electron chi connectivity index (χ0n) is 20.0. The van der Waals surface area contributed by atoms with Gasteiger partial charge in [-0.15, -0.1) is 0 Å². The summed E-state index contributed by atoms with van der Waals surface area (Å²) in [5, 5.41) is 11.4. The summed E-state index contributed by atoms with van der Waals surface area (Å²) in [6.45, 7) is 2.28. The Labute approximate surface area is 223 Å².